The number of nitriles is 1. The summed E-state index contributed by atoms with van der Waals surface area (Å²) in [7, 11) is 0. The molecule has 0 bridgehead atoms. The number of benzene rings is 2. The Morgan fingerprint density at radius 2 is 1.90 bits per heavy atom. The fourth-order valence-electron chi connectivity index (χ4n) is 2.22. The maximum Gasteiger partial charge on any atom is 0.119 e. The summed E-state index contributed by atoms with van der Waals surface area (Å²) < 4.78 is 5.50. The highest BCUT2D eigenvalue weighted by Gasteiger charge is 2.07. The molecule has 0 aliphatic rings. The lowest BCUT2D eigenvalue weighted by molar-refractivity contribution is 0.340. The summed E-state index contributed by atoms with van der Waals surface area (Å²) >= 11 is 0. The molecule has 3 nitrogen and oxygen atoms in total. The van der Waals surface area contributed by atoms with Crippen LogP contribution in [0.1, 0.15) is 36.6 Å². The molecule has 0 fully saturated rings. The van der Waals surface area contributed by atoms with E-state index in [9.17, 15) is 0 Å². The number of hydrogen-bond acceptors (Lipinski definition) is 3. The van der Waals surface area contributed by atoms with Crippen LogP contribution < -0.4 is 10.1 Å². The third kappa shape index (κ3) is 3.76. The zero-order valence-electron chi connectivity index (χ0n) is 12.7. The first-order valence-corrected chi connectivity index (χ1v) is 7.14. The van der Waals surface area contributed by atoms with Gasteiger partial charge in [0.1, 0.15) is 5.75 Å². The molecule has 0 aromatic heterocycles. The first-order valence-electron chi connectivity index (χ1n) is 7.14. The minimum Gasteiger partial charge on any atom is -0.494 e. The van der Waals surface area contributed by atoms with Crippen LogP contribution in [-0.2, 0) is 0 Å². The summed E-state index contributed by atoms with van der Waals surface area (Å²) in [5, 5.41) is 12.3. The lowest BCUT2D eigenvalue weighted by Gasteiger charge is -2.18. The topological polar surface area (TPSA) is 45.0 Å². The molecule has 2 aromatic carbocycles. The Labute approximate surface area is 126 Å². The molecule has 21 heavy (non-hydrogen) atoms. The number of nitrogens with one attached hydrogen (secondary N) is 1. The highest BCUT2D eigenvalue weighted by Crippen LogP contribution is 2.25. The Kier molecular flexibility index (Phi) is 4.84. The van der Waals surface area contributed by atoms with Gasteiger partial charge in [0.2, 0.25) is 0 Å². The van der Waals surface area contributed by atoms with Crippen molar-refractivity contribution in [3.05, 3.63) is 59.2 Å². The normalized spacial score (nSPS) is 11.5. The molecule has 0 amide bonds. The van der Waals surface area contributed by atoms with Crippen molar-refractivity contribution in [1.82, 2.24) is 0 Å². The van der Waals surface area contributed by atoms with Crippen molar-refractivity contribution in [3.63, 3.8) is 0 Å². The highest BCUT2D eigenvalue weighted by molar-refractivity contribution is 5.55. The molecule has 0 radical (unpaired) electrons. The summed E-state index contributed by atoms with van der Waals surface area (Å²) in [6, 6.07) is 16.0. The van der Waals surface area contributed by atoms with Crippen LogP contribution in [0, 0.1) is 18.3 Å². The van der Waals surface area contributed by atoms with Crippen molar-refractivity contribution in [3.8, 4) is 11.8 Å². The Morgan fingerprint density at radius 1 is 1.19 bits per heavy atom. The van der Waals surface area contributed by atoms with Gasteiger partial charge in [0.05, 0.1) is 18.2 Å². The molecule has 108 valence electrons. The van der Waals surface area contributed by atoms with Crippen molar-refractivity contribution < 1.29 is 4.74 Å². The summed E-state index contributed by atoms with van der Waals surface area (Å²) in [5.41, 5.74) is 4.09. The summed E-state index contributed by atoms with van der Waals surface area (Å²) in [4.78, 5) is 0. The standard InChI is InChI=1S/C18H20N2O/c1-4-21-17-9-10-18(13(2)11-17)20-14(3)16-7-5-15(12-19)6-8-16/h5-11,14,20H,4H2,1-3H3. The van der Waals surface area contributed by atoms with Crippen molar-refractivity contribution >= 4 is 5.69 Å². The molecule has 0 aliphatic carbocycles. The number of aryl methyl sites for hydroxylation is 1. The van der Waals surface area contributed by atoms with E-state index in [0.29, 0.717) is 12.2 Å². The Hall–Kier alpha value is -2.47. The second kappa shape index (κ2) is 6.81. The van der Waals surface area contributed by atoms with Crippen molar-refractivity contribution in [2.45, 2.75) is 26.8 Å². The van der Waals surface area contributed by atoms with Crippen molar-refractivity contribution in [2.75, 3.05) is 11.9 Å². The van der Waals surface area contributed by atoms with Gasteiger partial charge in [-0.1, -0.05) is 12.1 Å². The fraction of sp³-hybridized carbons (Fsp3) is 0.278. The average Bonchev–Trinajstić information content (AvgIpc) is 2.50. The molecule has 0 aliphatic heterocycles. The van der Waals surface area contributed by atoms with Gasteiger partial charge >= 0.3 is 0 Å². The number of rotatable bonds is 5. The highest BCUT2D eigenvalue weighted by atomic mass is 16.5. The number of hydrogen-bond donors (Lipinski definition) is 1. The Balaban J connectivity index is 2.11. The predicted octanol–water partition coefficient (Wildman–Crippen LogP) is 4.44. The average molecular weight is 280 g/mol. The summed E-state index contributed by atoms with van der Waals surface area (Å²) in [5.74, 6) is 0.895. The van der Waals surface area contributed by atoms with E-state index in [2.05, 4.69) is 25.2 Å². The lowest BCUT2D eigenvalue weighted by atomic mass is 10.1. The molecule has 0 heterocycles. The summed E-state index contributed by atoms with van der Waals surface area (Å²) in [6.07, 6.45) is 0. The van der Waals surface area contributed by atoms with Crippen molar-refractivity contribution in [2.24, 2.45) is 0 Å². The van der Waals surface area contributed by atoms with Gasteiger partial charge in [-0.25, -0.2) is 0 Å². The molecule has 0 saturated heterocycles. The molecular weight excluding hydrogens is 260 g/mol. The van der Waals surface area contributed by atoms with Gasteiger partial charge in [-0.15, -0.1) is 0 Å². The first kappa shape index (κ1) is 14.9. The number of nitrogens with zero attached hydrogens (tertiary/aromatic N) is 1. The minimum absolute atomic E-state index is 0.175. The largest absolute Gasteiger partial charge is 0.494 e. The molecular formula is C18H20N2O. The molecule has 2 aromatic rings. The Morgan fingerprint density at radius 3 is 2.48 bits per heavy atom. The zero-order chi connectivity index (χ0) is 15.2. The van der Waals surface area contributed by atoms with E-state index < -0.39 is 0 Å². The van der Waals surface area contributed by atoms with Crippen LogP contribution in [0.2, 0.25) is 0 Å². The van der Waals surface area contributed by atoms with Crippen LogP contribution in [0.4, 0.5) is 5.69 Å². The molecule has 3 heteroatoms. The maximum absolute atomic E-state index is 8.83. The molecule has 1 N–H and O–H groups in total. The van der Waals surface area contributed by atoms with E-state index in [1.807, 2.05) is 49.4 Å². The van der Waals surface area contributed by atoms with Crippen LogP contribution in [-0.4, -0.2) is 6.61 Å². The summed E-state index contributed by atoms with van der Waals surface area (Å²) in [6.45, 7) is 6.83. The fourth-order valence-corrected chi connectivity index (χ4v) is 2.22. The van der Waals surface area contributed by atoms with E-state index in [0.717, 1.165) is 22.6 Å². The van der Waals surface area contributed by atoms with Gasteiger partial charge in [-0.3, -0.25) is 0 Å². The smallest absolute Gasteiger partial charge is 0.119 e. The van der Waals surface area contributed by atoms with Gasteiger partial charge in [0, 0.05) is 11.7 Å². The van der Waals surface area contributed by atoms with Gasteiger partial charge in [-0.05, 0) is 62.2 Å². The van der Waals surface area contributed by atoms with Crippen LogP contribution in [0.3, 0.4) is 0 Å². The lowest BCUT2D eigenvalue weighted by Crippen LogP contribution is -2.07. The van der Waals surface area contributed by atoms with Gasteiger partial charge in [0.25, 0.3) is 0 Å². The van der Waals surface area contributed by atoms with Gasteiger partial charge in [0.15, 0.2) is 0 Å². The first-order chi connectivity index (χ1) is 10.1. The second-order valence-corrected chi connectivity index (χ2v) is 5.01. The van der Waals surface area contributed by atoms with E-state index in [1.165, 1.54) is 0 Å². The monoisotopic (exact) mass is 280 g/mol. The van der Waals surface area contributed by atoms with E-state index in [1.54, 1.807) is 0 Å². The Bertz CT molecular complexity index is 641. The van der Waals surface area contributed by atoms with Crippen LogP contribution >= 0.6 is 0 Å². The third-order valence-electron chi connectivity index (χ3n) is 3.42. The van der Waals surface area contributed by atoms with E-state index in [4.69, 9.17) is 10.00 Å². The van der Waals surface area contributed by atoms with Gasteiger partial charge in [-0.2, -0.15) is 5.26 Å². The van der Waals surface area contributed by atoms with E-state index >= 15 is 0 Å². The SMILES string of the molecule is CCOc1ccc(NC(C)c2ccc(C#N)cc2)c(C)c1. The predicted molar refractivity (Wildman–Crippen MR) is 85.5 cm³/mol. The molecule has 0 saturated carbocycles. The zero-order valence-corrected chi connectivity index (χ0v) is 12.7. The molecule has 1 atom stereocenters. The van der Waals surface area contributed by atoms with E-state index in [-0.39, 0.29) is 6.04 Å². The van der Waals surface area contributed by atoms with Crippen LogP contribution in [0.5, 0.6) is 5.75 Å². The molecule has 2 rings (SSSR count). The number of anilines is 1. The second-order valence-electron chi connectivity index (χ2n) is 5.01. The van der Waals surface area contributed by atoms with Crippen molar-refractivity contribution in [1.29, 1.82) is 5.26 Å². The third-order valence-corrected chi connectivity index (χ3v) is 3.42. The van der Waals surface area contributed by atoms with Gasteiger partial charge < -0.3 is 10.1 Å². The maximum atomic E-state index is 8.83. The quantitative estimate of drug-likeness (QED) is 0.880. The minimum atomic E-state index is 0.175. The molecule has 1 unspecified atom stereocenters. The molecule has 0 spiro atoms. The van der Waals surface area contributed by atoms with Crippen LogP contribution in [0.25, 0.3) is 0 Å². The van der Waals surface area contributed by atoms with Crippen LogP contribution in [0.15, 0.2) is 42.5 Å². The number of ether oxygens (including phenoxy) is 1.